The zero-order chi connectivity index (χ0) is 16.1. The van der Waals surface area contributed by atoms with Gasteiger partial charge in [-0.3, -0.25) is 9.67 Å². The Balaban J connectivity index is 0.00000208. The van der Waals surface area contributed by atoms with Crippen LogP contribution < -0.4 is 10.6 Å². The van der Waals surface area contributed by atoms with Crippen LogP contribution in [0.3, 0.4) is 0 Å². The molecule has 0 bridgehead atoms. The molecule has 2 aromatic heterocycles. The highest BCUT2D eigenvalue weighted by atomic mass is 127. The molecule has 128 valence electrons. The van der Waals surface area contributed by atoms with Crippen molar-refractivity contribution in [3.05, 3.63) is 48.0 Å². The van der Waals surface area contributed by atoms with Crippen LogP contribution in [0.2, 0.25) is 0 Å². The molecule has 0 fully saturated rings. The largest absolute Gasteiger partial charge is 0.356 e. The summed E-state index contributed by atoms with van der Waals surface area (Å²) in [6.45, 7) is 1.44. The van der Waals surface area contributed by atoms with Crippen molar-refractivity contribution in [2.45, 2.75) is 13.0 Å². The summed E-state index contributed by atoms with van der Waals surface area (Å²) < 4.78 is 1.84. The highest BCUT2D eigenvalue weighted by molar-refractivity contribution is 14.0. The summed E-state index contributed by atoms with van der Waals surface area (Å²) in [6, 6.07) is 10.0. The number of hydrogen-bond donors (Lipinski definition) is 3. The van der Waals surface area contributed by atoms with Crippen LogP contribution in [0, 0.1) is 0 Å². The van der Waals surface area contributed by atoms with Crippen molar-refractivity contribution in [1.82, 2.24) is 30.4 Å². The molecule has 8 heteroatoms. The molecule has 0 unspecified atom stereocenters. The topological polar surface area (TPSA) is 82.9 Å². The van der Waals surface area contributed by atoms with Crippen LogP contribution in [0.1, 0.15) is 11.5 Å². The van der Waals surface area contributed by atoms with Gasteiger partial charge in [0.25, 0.3) is 0 Å². The van der Waals surface area contributed by atoms with Gasteiger partial charge in [0, 0.05) is 33.3 Å². The van der Waals surface area contributed by atoms with Gasteiger partial charge < -0.3 is 15.6 Å². The van der Waals surface area contributed by atoms with Crippen molar-refractivity contribution in [1.29, 1.82) is 0 Å². The lowest BCUT2D eigenvalue weighted by Crippen LogP contribution is -2.38. The van der Waals surface area contributed by atoms with Crippen LogP contribution in [-0.2, 0) is 20.0 Å². The fraction of sp³-hybridized carbons (Fsp3) is 0.312. The van der Waals surface area contributed by atoms with Crippen LogP contribution in [-0.4, -0.2) is 39.3 Å². The first kappa shape index (κ1) is 18.2. The molecule has 3 aromatic rings. The van der Waals surface area contributed by atoms with Crippen molar-refractivity contribution in [3.63, 3.8) is 0 Å². The first-order valence-electron chi connectivity index (χ1n) is 7.61. The van der Waals surface area contributed by atoms with Crippen LogP contribution in [0.5, 0.6) is 0 Å². The summed E-state index contributed by atoms with van der Waals surface area (Å²) in [5, 5.41) is 10.7. The van der Waals surface area contributed by atoms with Crippen molar-refractivity contribution in [2.24, 2.45) is 12.0 Å². The van der Waals surface area contributed by atoms with Crippen LogP contribution in [0.15, 0.2) is 41.5 Å². The molecule has 0 aliphatic carbocycles. The Labute approximate surface area is 158 Å². The Morgan fingerprint density at radius 1 is 1.25 bits per heavy atom. The van der Waals surface area contributed by atoms with Crippen LogP contribution >= 0.6 is 24.0 Å². The molecule has 2 heterocycles. The second-order valence-corrected chi connectivity index (χ2v) is 5.25. The van der Waals surface area contributed by atoms with Gasteiger partial charge in [0.1, 0.15) is 5.82 Å². The number of halogens is 1. The van der Waals surface area contributed by atoms with Crippen molar-refractivity contribution in [2.75, 3.05) is 13.6 Å². The zero-order valence-electron chi connectivity index (χ0n) is 13.8. The molecular weight excluding hydrogens is 417 g/mol. The number of para-hydroxylation sites is 2. The van der Waals surface area contributed by atoms with E-state index in [9.17, 15) is 0 Å². The van der Waals surface area contributed by atoms with Crippen molar-refractivity contribution in [3.8, 4) is 0 Å². The number of nitrogens with zero attached hydrogens (tertiary/aromatic N) is 4. The third kappa shape index (κ3) is 4.47. The summed E-state index contributed by atoms with van der Waals surface area (Å²) in [7, 11) is 3.69. The van der Waals surface area contributed by atoms with Crippen LogP contribution in [0.4, 0.5) is 0 Å². The van der Waals surface area contributed by atoms with Crippen molar-refractivity contribution >= 4 is 41.0 Å². The molecule has 0 atom stereocenters. The van der Waals surface area contributed by atoms with E-state index < -0.39 is 0 Å². The normalized spacial score (nSPS) is 11.3. The molecule has 3 rings (SSSR count). The van der Waals surface area contributed by atoms with Gasteiger partial charge >= 0.3 is 0 Å². The average molecular weight is 439 g/mol. The number of guanidine groups is 1. The van der Waals surface area contributed by atoms with Crippen LogP contribution in [0.25, 0.3) is 11.0 Å². The van der Waals surface area contributed by atoms with E-state index in [2.05, 4.69) is 30.7 Å². The lowest BCUT2D eigenvalue weighted by Gasteiger charge is -2.11. The number of nitrogens with one attached hydrogen (secondary N) is 3. The van der Waals surface area contributed by atoms with Gasteiger partial charge in [0.2, 0.25) is 0 Å². The number of aromatic amines is 1. The number of rotatable bonds is 5. The smallest absolute Gasteiger partial charge is 0.191 e. The Morgan fingerprint density at radius 3 is 2.79 bits per heavy atom. The molecule has 7 nitrogen and oxygen atoms in total. The first-order chi connectivity index (χ1) is 11.3. The lowest BCUT2D eigenvalue weighted by atomic mass is 10.3. The summed E-state index contributed by atoms with van der Waals surface area (Å²) in [6.07, 6.45) is 2.59. The second kappa shape index (κ2) is 8.67. The molecular formula is C16H22IN7. The third-order valence-electron chi connectivity index (χ3n) is 3.68. The SMILES string of the molecule is CN=C(NCCc1nc2ccccc2[nH]1)NCc1ccnn1C.I. The predicted molar refractivity (Wildman–Crippen MR) is 107 cm³/mol. The minimum Gasteiger partial charge on any atom is -0.356 e. The van der Waals surface area contributed by atoms with E-state index in [0.29, 0.717) is 6.54 Å². The fourth-order valence-corrected chi connectivity index (χ4v) is 2.39. The minimum absolute atomic E-state index is 0. The highest BCUT2D eigenvalue weighted by Gasteiger charge is 2.04. The van der Waals surface area contributed by atoms with Gasteiger partial charge in [0.05, 0.1) is 23.3 Å². The summed E-state index contributed by atoms with van der Waals surface area (Å²) in [5.41, 5.74) is 3.17. The summed E-state index contributed by atoms with van der Waals surface area (Å²) in [5.74, 6) is 1.74. The molecule has 0 spiro atoms. The van der Waals surface area contributed by atoms with E-state index in [4.69, 9.17) is 0 Å². The van der Waals surface area contributed by atoms with Gasteiger partial charge in [-0.2, -0.15) is 5.10 Å². The first-order valence-corrected chi connectivity index (χ1v) is 7.61. The zero-order valence-corrected chi connectivity index (χ0v) is 16.1. The van der Waals surface area contributed by atoms with Gasteiger partial charge in [-0.1, -0.05) is 12.1 Å². The molecule has 0 radical (unpaired) electrons. The number of benzene rings is 1. The number of fused-ring (bicyclic) bond motifs is 1. The minimum atomic E-state index is 0. The maximum absolute atomic E-state index is 4.57. The molecule has 24 heavy (non-hydrogen) atoms. The average Bonchev–Trinajstić information content (AvgIpc) is 3.16. The maximum atomic E-state index is 4.57. The van der Waals surface area contributed by atoms with E-state index in [-0.39, 0.29) is 24.0 Å². The maximum Gasteiger partial charge on any atom is 0.191 e. The van der Waals surface area contributed by atoms with E-state index >= 15 is 0 Å². The molecule has 0 aliphatic rings. The van der Waals surface area contributed by atoms with Gasteiger partial charge in [-0.05, 0) is 18.2 Å². The quantitative estimate of drug-likeness (QED) is 0.322. The summed E-state index contributed by atoms with van der Waals surface area (Å²) >= 11 is 0. The summed E-state index contributed by atoms with van der Waals surface area (Å²) in [4.78, 5) is 12.1. The molecule has 0 aliphatic heterocycles. The predicted octanol–water partition coefficient (Wildman–Crippen LogP) is 1.82. The number of aliphatic imine (C=N–C) groups is 1. The van der Waals surface area contributed by atoms with E-state index in [0.717, 1.165) is 41.5 Å². The van der Waals surface area contributed by atoms with E-state index in [1.54, 1.807) is 13.2 Å². The second-order valence-electron chi connectivity index (χ2n) is 5.25. The molecule has 0 amide bonds. The molecule has 3 N–H and O–H groups in total. The van der Waals surface area contributed by atoms with E-state index in [1.807, 2.05) is 42.1 Å². The van der Waals surface area contributed by atoms with Gasteiger partial charge in [-0.25, -0.2) is 4.98 Å². The number of H-pyrrole nitrogens is 1. The Morgan fingerprint density at radius 2 is 2.08 bits per heavy atom. The number of hydrogen-bond acceptors (Lipinski definition) is 3. The third-order valence-corrected chi connectivity index (χ3v) is 3.68. The molecule has 1 aromatic carbocycles. The molecule has 0 saturated carbocycles. The Bertz CT molecular complexity index is 772. The number of aryl methyl sites for hydroxylation is 1. The van der Waals surface area contributed by atoms with Gasteiger partial charge in [-0.15, -0.1) is 24.0 Å². The Kier molecular flexibility index (Phi) is 6.59. The van der Waals surface area contributed by atoms with Gasteiger partial charge in [0.15, 0.2) is 5.96 Å². The van der Waals surface area contributed by atoms with Crippen molar-refractivity contribution < 1.29 is 0 Å². The van der Waals surface area contributed by atoms with E-state index in [1.165, 1.54) is 0 Å². The molecule has 0 saturated heterocycles. The number of aromatic nitrogens is 4. The Hall–Kier alpha value is -2.10. The fourth-order valence-electron chi connectivity index (χ4n) is 2.39. The number of imidazole rings is 1. The monoisotopic (exact) mass is 439 g/mol. The lowest BCUT2D eigenvalue weighted by molar-refractivity contribution is 0.683. The standard InChI is InChI=1S/C16H21N7.HI/c1-17-16(19-11-12-7-10-20-23(12)2)18-9-8-15-21-13-5-3-4-6-14(13)22-15;/h3-7,10H,8-9,11H2,1-2H3,(H,21,22)(H2,17,18,19);1H. The highest BCUT2D eigenvalue weighted by Crippen LogP contribution is 2.10.